The van der Waals surface area contributed by atoms with E-state index in [2.05, 4.69) is 40.1 Å². The molecule has 1 aromatic carbocycles. The van der Waals surface area contributed by atoms with Gasteiger partial charge in [0.15, 0.2) is 0 Å². The summed E-state index contributed by atoms with van der Waals surface area (Å²) in [5, 5.41) is 3.95. The summed E-state index contributed by atoms with van der Waals surface area (Å²) >= 11 is 8.36. The van der Waals surface area contributed by atoms with Gasteiger partial charge < -0.3 is 15.0 Å². The van der Waals surface area contributed by atoms with Crippen molar-refractivity contribution in [2.75, 3.05) is 32.8 Å². The summed E-state index contributed by atoms with van der Waals surface area (Å²) in [5.74, 6) is 1.68. The summed E-state index contributed by atoms with van der Waals surface area (Å²) in [5.41, 5.74) is 4.99. The lowest BCUT2D eigenvalue weighted by atomic mass is 10.0. The largest absolute Gasteiger partial charge is 0.374 e. The van der Waals surface area contributed by atoms with Gasteiger partial charge in [0.2, 0.25) is 0 Å². The van der Waals surface area contributed by atoms with Crippen molar-refractivity contribution in [2.45, 2.75) is 33.0 Å². The van der Waals surface area contributed by atoms with Gasteiger partial charge in [-0.15, -0.1) is 11.3 Å². The number of rotatable bonds is 5. The van der Waals surface area contributed by atoms with Crippen LogP contribution in [0.4, 0.5) is 0 Å². The van der Waals surface area contributed by atoms with Crippen LogP contribution in [0.3, 0.4) is 0 Å². The molecule has 0 bridgehead atoms. The lowest BCUT2D eigenvalue weighted by Crippen LogP contribution is -2.42. The molecule has 7 rings (SSSR count). The number of aromatic amines is 1. The van der Waals surface area contributed by atoms with Gasteiger partial charge in [-0.1, -0.05) is 25.4 Å². The summed E-state index contributed by atoms with van der Waals surface area (Å²) in [4.78, 5) is 24.6. The van der Waals surface area contributed by atoms with Crippen LogP contribution in [-0.4, -0.2) is 58.3 Å². The van der Waals surface area contributed by atoms with Crippen LogP contribution in [0.1, 0.15) is 18.7 Å². The number of nitrogens with zero attached hydrogens (tertiary/aromatic N) is 3. The molecular formula is C27H30ClN5O2S. The second-order valence-corrected chi connectivity index (χ2v) is 12.7. The first-order valence-electron chi connectivity index (χ1n) is 12.7. The van der Waals surface area contributed by atoms with Crippen LogP contribution in [0, 0.1) is 17.3 Å². The number of nitrogens with one attached hydrogen (secondary N) is 2. The van der Waals surface area contributed by atoms with Crippen LogP contribution in [0.25, 0.3) is 32.4 Å². The van der Waals surface area contributed by atoms with Crippen LogP contribution in [-0.2, 0) is 17.8 Å². The van der Waals surface area contributed by atoms with Crippen LogP contribution < -0.4 is 11.0 Å². The van der Waals surface area contributed by atoms with Crippen molar-refractivity contribution in [1.82, 2.24) is 24.8 Å². The molecule has 0 radical (unpaired) electrons. The minimum atomic E-state index is -0.143. The number of ether oxygens (including phenoxy) is 1. The topological polar surface area (TPSA) is 75.2 Å². The van der Waals surface area contributed by atoms with E-state index in [0.717, 1.165) is 63.8 Å². The zero-order chi connectivity index (χ0) is 24.6. The molecule has 5 heterocycles. The number of H-pyrrole nitrogens is 1. The van der Waals surface area contributed by atoms with E-state index in [1.807, 2.05) is 24.4 Å². The van der Waals surface area contributed by atoms with Gasteiger partial charge in [0, 0.05) is 59.9 Å². The molecule has 3 aliphatic rings. The molecule has 0 spiro atoms. The van der Waals surface area contributed by atoms with E-state index >= 15 is 0 Å². The highest BCUT2D eigenvalue weighted by atomic mass is 35.5. The minimum Gasteiger partial charge on any atom is -0.374 e. The maximum absolute atomic E-state index is 13.0. The van der Waals surface area contributed by atoms with Gasteiger partial charge in [0.1, 0.15) is 0 Å². The Morgan fingerprint density at radius 2 is 2.06 bits per heavy atom. The molecule has 1 saturated carbocycles. The van der Waals surface area contributed by atoms with E-state index in [0.29, 0.717) is 23.6 Å². The Labute approximate surface area is 218 Å². The van der Waals surface area contributed by atoms with E-state index in [1.54, 1.807) is 15.9 Å². The Morgan fingerprint density at radius 1 is 1.22 bits per heavy atom. The molecule has 4 aromatic rings. The van der Waals surface area contributed by atoms with Gasteiger partial charge in [0.25, 0.3) is 0 Å². The minimum absolute atomic E-state index is 0.0542. The summed E-state index contributed by atoms with van der Waals surface area (Å²) in [7, 11) is 0. The molecule has 36 heavy (non-hydrogen) atoms. The molecule has 3 atom stereocenters. The molecule has 3 aromatic heterocycles. The lowest BCUT2D eigenvalue weighted by Gasteiger charge is -2.24. The molecule has 2 unspecified atom stereocenters. The van der Waals surface area contributed by atoms with Crippen molar-refractivity contribution in [3.8, 4) is 11.1 Å². The summed E-state index contributed by atoms with van der Waals surface area (Å²) in [6, 6.07) is 8.07. The van der Waals surface area contributed by atoms with E-state index in [9.17, 15) is 4.79 Å². The third kappa shape index (κ3) is 3.73. The van der Waals surface area contributed by atoms with Crippen molar-refractivity contribution in [3.63, 3.8) is 0 Å². The maximum Gasteiger partial charge on any atom is 0.326 e. The van der Waals surface area contributed by atoms with Gasteiger partial charge in [0.05, 0.1) is 40.5 Å². The molecule has 7 nitrogen and oxygen atoms in total. The number of piperidine rings is 1. The number of pyridine rings is 1. The molecule has 0 amide bonds. The number of hydrogen-bond acceptors (Lipinski definition) is 6. The normalized spacial score (nSPS) is 25.6. The van der Waals surface area contributed by atoms with E-state index in [1.165, 1.54) is 18.0 Å². The summed E-state index contributed by atoms with van der Waals surface area (Å²) in [6.45, 7) is 10.9. The third-order valence-electron chi connectivity index (χ3n) is 8.55. The first-order valence-corrected chi connectivity index (χ1v) is 13.9. The van der Waals surface area contributed by atoms with Gasteiger partial charge in [-0.3, -0.25) is 14.5 Å². The van der Waals surface area contributed by atoms with Crippen LogP contribution in [0.15, 0.2) is 35.3 Å². The summed E-state index contributed by atoms with van der Waals surface area (Å²) in [6.07, 6.45) is 1.80. The van der Waals surface area contributed by atoms with Crippen molar-refractivity contribution < 1.29 is 4.74 Å². The van der Waals surface area contributed by atoms with E-state index < -0.39 is 0 Å². The number of halogens is 1. The van der Waals surface area contributed by atoms with Gasteiger partial charge in [-0.2, -0.15) is 0 Å². The number of hydrogen-bond donors (Lipinski definition) is 2. The highest BCUT2D eigenvalue weighted by molar-refractivity contribution is 7.19. The molecule has 9 heteroatoms. The average Bonchev–Trinajstić information content (AvgIpc) is 3.33. The third-order valence-corrected chi connectivity index (χ3v) is 9.91. The quantitative estimate of drug-likeness (QED) is 0.407. The Kier molecular flexibility index (Phi) is 5.35. The predicted octanol–water partition coefficient (Wildman–Crippen LogP) is 4.34. The second-order valence-electron chi connectivity index (χ2n) is 11.1. The van der Waals surface area contributed by atoms with Crippen LogP contribution in [0.5, 0.6) is 0 Å². The van der Waals surface area contributed by atoms with Crippen molar-refractivity contribution in [1.29, 1.82) is 0 Å². The van der Waals surface area contributed by atoms with Crippen molar-refractivity contribution in [3.05, 3.63) is 50.8 Å². The fraction of sp³-hybridized carbons (Fsp3) is 0.481. The van der Waals surface area contributed by atoms with Crippen molar-refractivity contribution in [2.24, 2.45) is 17.3 Å². The van der Waals surface area contributed by atoms with Gasteiger partial charge >= 0.3 is 5.69 Å². The smallest absolute Gasteiger partial charge is 0.326 e. The number of thiophene rings is 1. The van der Waals surface area contributed by atoms with Gasteiger partial charge in [-0.25, -0.2) is 4.79 Å². The number of morpholine rings is 1. The molecule has 2 aliphatic heterocycles. The zero-order valence-electron chi connectivity index (χ0n) is 20.5. The number of benzene rings is 1. The summed E-state index contributed by atoms with van der Waals surface area (Å²) < 4.78 is 8.85. The highest BCUT2D eigenvalue weighted by Gasteiger charge is 2.61. The second kappa shape index (κ2) is 8.39. The molecular weight excluding hydrogens is 494 g/mol. The predicted molar refractivity (Wildman–Crippen MR) is 145 cm³/mol. The fourth-order valence-electron chi connectivity index (χ4n) is 6.43. The Morgan fingerprint density at radius 3 is 2.83 bits per heavy atom. The first-order chi connectivity index (χ1) is 17.4. The SMILES string of the molecule is CC1(C)C2CN(Cc3cc4nccc(-c5cc(Cl)cc6[nH]c(=O)n(C[C@@H]7CNCCO7)c56)c4s3)CC21. The Balaban J connectivity index is 1.28. The van der Waals surface area contributed by atoms with Crippen molar-refractivity contribution >= 4 is 44.2 Å². The number of likely N-dealkylation sites (tertiary alicyclic amines) is 1. The number of aromatic nitrogens is 3. The van der Waals surface area contributed by atoms with Crippen LogP contribution >= 0.6 is 22.9 Å². The Bertz CT molecular complexity index is 1520. The maximum atomic E-state index is 13.0. The molecule has 1 aliphatic carbocycles. The van der Waals surface area contributed by atoms with E-state index in [-0.39, 0.29) is 11.8 Å². The molecule has 2 N–H and O–H groups in total. The fourth-order valence-corrected chi connectivity index (χ4v) is 7.83. The first kappa shape index (κ1) is 22.9. The standard InChI is InChI=1S/C27H30ClN5O2S/c1-27(2)20-13-32(14-21(20)27)12-17-9-23-25(36-17)18(3-4-30-23)19-7-15(28)8-22-24(19)33(26(34)31-22)11-16-10-29-5-6-35-16/h3-4,7-9,16,20-21,29H,5-6,10-14H2,1-2H3,(H,31,34)/t16-,20?,21?/m0/s1. The molecule has 188 valence electrons. The monoisotopic (exact) mass is 523 g/mol. The average molecular weight is 524 g/mol. The van der Waals surface area contributed by atoms with Gasteiger partial charge in [-0.05, 0) is 41.5 Å². The van der Waals surface area contributed by atoms with Crippen LogP contribution in [0.2, 0.25) is 5.02 Å². The zero-order valence-corrected chi connectivity index (χ0v) is 22.1. The number of fused-ring (bicyclic) bond motifs is 3. The highest BCUT2D eigenvalue weighted by Crippen LogP contribution is 2.62. The Hall–Kier alpha value is -2.23. The lowest BCUT2D eigenvalue weighted by molar-refractivity contribution is 0.0184. The molecule has 2 saturated heterocycles. The van der Waals surface area contributed by atoms with E-state index in [4.69, 9.17) is 16.3 Å². The molecule has 3 fully saturated rings. The number of imidazole rings is 1.